The summed E-state index contributed by atoms with van der Waals surface area (Å²) in [4.78, 5) is 15.4. The Morgan fingerprint density at radius 1 is 0.903 bits per heavy atom. The van der Waals surface area contributed by atoms with E-state index in [2.05, 4.69) is 27.7 Å². The molecule has 2 aliphatic rings. The Bertz CT molecular complexity index is 1260. The van der Waals surface area contributed by atoms with Crippen molar-refractivity contribution in [2.45, 2.75) is 23.8 Å². The standard InChI is InChI=1S/C24H23N3O3S/c28-24(25-19-14-16-31(29,30)23-12-6-2-8-18(19)23)26-20-9-3-5-11-22(20)27-15-13-17-7-1-4-10-21(17)27/h1-12,19H,13-16H2,(H2,25,26,28). The highest BCUT2D eigenvalue weighted by Crippen LogP contribution is 2.38. The Hall–Kier alpha value is -3.32. The number of amides is 2. The van der Waals surface area contributed by atoms with Crippen LogP contribution < -0.4 is 15.5 Å². The molecule has 0 aliphatic carbocycles. The summed E-state index contributed by atoms with van der Waals surface area (Å²) in [5, 5.41) is 5.94. The highest BCUT2D eigenvalue weighted by Gasteiger charge is 2.31. The normalized spacial score (nSPS) is 18.7. The number of fused-ring (bicyclic) bond motifs is 2. The minimum Gasteiger partial charge on any atom is -0.339 e. The number of carbonyl (C=O) groups excluding carboxylic acids is 1. The molecule has 1 unspecified atom stereocenters. The molecule has 3 aromatic carbocycles. The molecule has 0 bridgehead atoms. The fourth-order valence-corrected chi connectivity index (χ4v) is 6.08. The number of urea groups is 1. The molecule has 5 rings (SSSR count). The van der Waals surface area contributed by atoms with E-state index < -0.39 is 9.84 Å². The van der Waals surface area contributed by atoms with Gasteiger partial charge in [-0.05, 0) is 48.2 Å². The van der Waals surface area contributed by atoms with E-state index in [0.29, 0.717) is 22.6 Å². The maximum absolute atomic E-state index is 12.9. The van der Waals surface area contributed by atoms with Gasteiger partial charge in [0, 0.05) is 12.2 Å². The molecule has 0 saturated heterocycles. The SMILES string of the molecule is O=C(Nc1ccccc1N1CCc2ccccc21)NC1CCS(=O)(=O)c2ccccc21. The average molecular weight is 434 g/mol. The summed E-state index contributed by atoms with van der Waals surface area (Å²) >= 11 is 0. The zero-order valence-electron chi connectivity index (χ0n) is 16.9. The lowest BCUT2D eigenvalue weighted by molar-refractivity contribution is 0.248. The summed E-state index contributed by atoms with van der Waals surface area (Å²) in [6, 6.07) is 22.2. The second-order valence-corrected chi connectivity index (χ2v) is 9.92. The zero-order chi connectivity index (χ0) is 21.4. The number of nitrogens with one attached hydrogen (secondary N) is 2. The van der Waals surface area contributed by atoms with Crippen LogP contribution >= 0.6 is 0 Å². The van der Waals surface area contributed by atoms with Crippen molar-refractivity contribution in [2.24, 2.45) is 0 Å². The monoisotopic (exact) mass is 433 g/mol. The molecule has 7 heteroatoms. The lowest BCUT2D eigenvalue weighted by Crippen LogP contribution is -2.36. The van der Waals surface area contributed by atoms with Gasteiger partial charge in [0.25, 0.3) is 0 Å². The summed E-state index contributed by atoms with van der Waals surface area (Å²) in [5.41, 5.74) is 4.75. The second kappa shape index (κ2) is 7.74. The lowest BCUT2D eigenvalue weighted by Gasteiger charge is -2.27. The Balaban J connectivity index is 1.37. The first-order valence-electron chi connectivity index (χ1n) is 10.4. The molecule has 0 aromatic heterocycles. The minimum atomic E-state index is -3.29. The van der Waals surface area contributed by atoms with Crippen molar-refractivity contribution in [2.75, 3.05) is 22.5 Å². The van der Waals surface area contributed by atoms with E-state index in [9.17, 15) is 13.2 Å². The van der Waals surface area contributed by atoms with Gasteiger partial charge in [0.15, 0.2) is 9.84 Å². The molecule has 6 nitrogen and oxygen atoms in total. The number of sulfone groups is 1. The highest BCUT2D eigenvalue weighted by atomic mass is 32.2. The predicted octanol–water partition coefficient (Wildman–Crippen LogP) is 4.42. The summed E-state index contributed by atoms with van der Waals surface area (Å²) in [5.74, 6) is 0.0239. The van der Waals surface area contributed by atoms with Crippen molar-refractivity contribution in [3.05, 3.63) is 83.9 Å². The summed E-state index contributed by atoms with van der Waals surface area (Å²) in [6.07, 6.45) is 1.32. The number of benzene rings is 3. The molecular formula is C24H23N3O3S. The van der Waals surface area contributed by atoms with E-state index in [1.54, 1.807) is 24.3 Å². The molecule has 0 radical (unpaired) electrons. The van der Waals surface area contributed by atoms with E-state index in [0.717, 1.165) is 24.3 Å². The summed E-state index contributed by atoms with van der Waals surface area (Å²) in [7, 11) is -3.29. The van der Waals surface area contributed by atoms with Crippen molar-refractivity contribution >= 4 is 32.9 Å². The van der Waals surface area contributed by atoms with Crippen LogP contribution in [0.1, 0.15) is 23.6 Å². The van der Waals surface area contributed by atoms with Crippen molar-refractivity contribution in [1.82, 2.24) is 5.32 Å². The number of rotatable bonds is 3. The number of anilines is 3. The Morgan fingerprint density at radius 3 is 2.48 bits per heavy atom. The van der Waals surface area contributed by atoms with Crippen molar-refractivity contribution < 1.29 is 13.2 Å². The fraction of sp³-hybridized carbons (Fsp3) is 0.208. The lowest BCUT2D eigenvalue weighted by atomic mass is 10.0. The number of nitrogens with zero attached hydrogens (tertiary/aromatic N) is 1. The number of carbonyl (C=O) groups is 1. The Kier molecular flexibility index (Phi) is 4.90. The van der Waals surface area contributed by atoms with Gasteiger partial charge in [0.05, 0.1) is 28.1 Å². The van der Waals surface area contributed by atoms with E-state index in [1.165, 1.54) is 5.56 Å². The molecule has 158 valence electrons. The van der Waals surface area contributed by atoms with Gasteiger partial charge in [-0.15, -0.1) is 0 Å². The van der Waals surface area contributed by atoms with Crippen LogP contribution in [-0.2, 0) is 16.3 Å². The largest absolute Gasteiger partial charge is 0.339 e. The molecule has 2 aliphatic heterocycles. The molecule has 2 N–H and O–H groups in total. The summed E-state index contributed by atoms with van der Waals surface area (Å²) in [6.45, 7) is 0.855. The van der Waals surface area contributed by atoms with E-state index >= 15 is 0 Å². The smallest absolute Gasteiger partial charge is 0.319 e. The van der Waals surface area contributed by atoms with Gasteiger partial charge in [0.1, 0.15) is 0 Å². The first-order valence-corrected chi connectivity index (χ1v) is 12.0. The number of hydrogen-bond donors (Lipinski definition) is 2. The molecule has 2 amide bonds. The molecule has 3 aromatic rings. The molecule has 1 atom stereocenters. The quantitative estimate of drug-likeness (QED) is 0.641. The van der Waals surface area contributed by atoms with Crippen LogP contribution in [0, 0.1) is 0 Å². The van der Waals surface area contributed by atoms with Crippen LogP contribution in [0.5, 0.6) is 0 Å². The molecule has 0 fully saturated rings. The third-order valence-electron chi connectivity index (χ3n) is 5.94. The van der Waals surface area contributed by atoms with Gasteiger partial charge in [0.2, 0.25) is 0 Å². The molecular weight excluding hydrogens is 410 g/mol. The van der Waals surface area contributed by atoms with Crippen LogP contribution in [0.4, 0.5) is 21.9 Å². The maximum atomic E-state index is 12.9. The van der Waals surface area contributed by atoms with E-state index in [4.69, 9.17) is 0 Å². The summed E-state index contributed by atoms with van der Waals surface area (Å²) < 4.78 is 24.7. The third kappa shape index (κ3) is 3.65. The zero-order valence-corrected chi connectivity index (χ0v) is 17.7. The third-order valence-corrected chi connectivity index (χ3v) is 7.76. The minimum absolute atomic E-state index is 0.0239. The van der Waals surface area contributed by atoms with Crippen LogP contribution in [-0.4, -0.2) is 26.7 Å². The molecule has 0 saturated carbocycles. The number of hydrogen-bond acceptors (Lipinski definition) is 4. The van der Waals surface area contributed by atoms with E-state index in [-0.39, 0.29) is 17.8 Å². The van der Waals surface area contributed by atoms with Crippen molar-refractivity contribution in [3.8, 4) is 0 Å². The first kappa shape index (κ1) is 19.6. The van der Waals surface area contributed by atoms with Gasteiger partial charge >= 0.3 is 6.03 Å². The average Bonchev–Trinajstić information content (AvgIpc) is 3.20. The van der Waals surface area contributed by atoms with Crippen LogP contribution in [0.25, 0.3) is 0 Å². The molecule has 2 heterocycles. The first-order chi connectivity index (χ1) is 15.0. The van der Waals surface area contributed by atoms with Gasteiger partial charge in [-0.2, -0.15) is 0 Å². The topological polar surface area (TPSA) is 78.5 Å². The maximum Gasteiger partial charge on any atom is 0.319 e. The fourth-order valence-electron chi connectivity index (χ4n) is 4.46. The van der Waals surface area contributed by atoms with Gasteiger partial charge < -0.3 is 15.5 Å². The van der Waals surface area contributed by atoms with Crippen LogP contribution in [0.2, 0.25) is 0 Å². The van der Waals surface area contributed by atoms with Crippen LogP contribution in [0.15, 0.2) is 77.7 Å². The molecule has 0 spiro atoms. The van der Waals surface area contributed by atoms with Gasteiger partial charge in [-0.1, -0.05) is 48.5 Å². The number of para-hydroxylation sites is 3. The molecule has 31 heavy (non-hydrogen) atoms. The Labute approximate surface area is 181 Å². The van der Waals surface area contributed by atoms with Gasteiger partial charge in [-0.25, -0.2) is 13.2 Å². The highest BCUT2D eigenvalue weighted by molar-refractivity contribution is 7.91. The second-order valence-electron chi connectivity index (χ2n) is 7.84. The Morgan fingerprint density at radius 2 is 1.61 bits per heavy atom. The van der Waals surface area contributed by atoms with Gasteiger partial charge in [-0.3, -0.25) is 0 Å². The van der Waals surface area contributed by atoms with Crippen molar-refractivity contribution in [3.63, 3.8) is 0 Å². The predicted molar refractivity (Wildman–Crippen MR) is 122 cm³/mol. The van der Waals surface area contributed by atoms with Crippen LogP contribution in [0.3, 0.4) is 0 Å². The van der Waals surface area contributed by atoms with Crippen molar-refractivity contribution in [1.29, 1.82) is 0 Å². The van der Waals surface area contributed by atoms with E-state index in [1.807, 2.05) is 36.4 Å².